The SMILES string of the molecule is Cc1nc2ccccc2c(=O)n1CCCCCCC(=O)NO. The molecule has 0 saturated carbocycles. The zero-order valence-electron chi connectivity index (χ0n) is 12.7. The van der Waals surface area contributed by atoms with E-state index < -0.39 is 0 Å². The Kier molecular flexibility index (Phi) is 5.66. The van der Waals surface area contributed by atoms with Gasteiger partial charge in [-0.2, -0.15) is 0 Å². The van der Waals surface area contributed by atoms with E-state index in [-0.39, 0.29) is 11.5 Å². The Balaban J connectivity index is 1.92. The van der Waals surface area contributed by atoms with E-state index in [0.29, 0.717) is 18.4 Å². The summed E-state index contributed by atoms with van der Waals surface area (Å²) in [5, 5.41) is 9.04. The van der Waals surface area contributed by atoms with Gasteiger partial charge in [-0.3, -0.25) is 19.4 Å². The van der Waals surface area contributed by atoms with E-state index in [0.717, 1.165) is 37.0 Å². The molecule has 1 aromatic heterocycles. The van der Waals surface area contributed by atoms with Gasteiger partial charge >= 0.3 is 0 Å². The number of benzene rings is 1. The number of nitrogens with zero attached hydrogens (tertiary/aromatic N) is 2. The van der Waals surface area contributed by atoms with Gasteiger partial charge in [0.05, 0.1) is 10.9 Å². The molecule has 0 aliphatic rings. The third-order valence-electron chi connectivity index (χ3n) is 3.71. The first-order valence-corrected chi connectivity index (χ1v) is 7.52. The number of carbonyl (C=O) groups excluding carboxylic acids is 1. The van der Waals surface area contributed by atoms with Crippen molar-refractivity contribution in [1.29, 1.82) is 0 Å². The minimum absolute atomic E-state index is 0.00255. The lowest BCUT2D eigenvalue weighted by molar-refractivity contribution is -0.129. The number of carbonyl (C=O) groups is 1. The Labute approximate surface area is 128 Å². The predicted molar refractivity (Wildman–Crippen MR) is 83.8 cm³/mol. The molecule has 22 heavy (non-hydrogen) atoms. The lowest BCUT2D eigenvalue weighted by atomic mass is 10.1. The molecule has 0 bridgehead atoms. The van der Waals surface area contributed by atoms with Crippen LogP contribution in [0, 0.1) is 6.92 Å². The first kappa shape index (κ1) is 16.2. The van der Waals surface area contributed by atoms with E-state index in [1.807, 2.05) is 25.1 Å². The van der Waals surface area contributed by atoms with Crippen molar-refractivity contribution >= 4 is 16.8 Å². The molecule has 0 spiro atoms. The van der Waals surface area contributed by atoms with Crippen molar-refractivity contribution in [3.63, 3.8) is 0 Å². The fourth-order valence-electron chi connectivity index (χ4n) is 2.51. The first-order valence-electron chi connectivity index (χ1n) is 7.52. The van der Waals surface area contributed by atoms with Crippen LogP contribution in [0.1, 0.15) is 37.9 Å². The first-order chi connectivity index (χ1) is 10.6. The summed E-state index contributed by atoms with van der Waals surface area (Å²) in [6.45, 7) is 2.48. The number of amides is 1. The van der Waals surface area contributed by atoms with Crippen LogP contribution in [0.15, 0.2) is 29.1 Å². The van der Waals surface area contributed by atoms with Crippen LogP contribution in [0.5, 0.6) is 0 Å². The molecule has 0 fully saturated rings. The van der Waals surface area contributed by atoms with Crippen LogP contribution in [-0.2, 0) is 11.3 Å². The predicted octanol–water partition coefficient (Wildman–Crippen LogP) is 2.16. The van der Waals surface area contributed by atoms with Gasteiger partial charge < -0.3 is 0 Å². The summed E-state index contributed by atoms with van der Waals surface area (Å²) >= 11 is 0. The second kappa shape index (κ2) is 7.70. The van der Waals surface area contributed by atoms with Gasteiger partial charge in [0.2, 0.25) is 5.91 Å². The number of aryl methyl sites for hydroxylation is 1. The molecule has 6 heteroatoms. The largest absolute Gasteiger partial charge is 0.296 e. The summed E-state index contributed by atoms with van der Waals surface area (Å²) in [5.74, 6) is 0.370. The molecule has 6 nitrogen and oxygen atoms in total. The molecule has 2 rings (SSSR count). The van der Waals surface area contributed by atoms with Crippen molar-refractivity contribution in [3.05, 3.63) is 40.4 Å². The Hall–Kier alpha value is -2.21. The molecule has 2 N–H and O–H groups in total. The highest BCUT2D eigenvalue weighted by molar-refractivity contribution is 5.77. The third-order valence-corrected chi connectivity index (χ3v) is 3.71. The Morgan fingerprint density at radius 2 is 1.95 bits per heavy atom. The number of nitrogens with one attached hydrogen (secondary N) is 1. The number of hydrogen-bond donors (Lipinski definition) is 2. The lowest BCUT2D eigenvalue weighted by Crippen LogP contribution is -2.24. The highest BCUT2D eigenvalue weighted by Crippen LogP contribution is 2.09. The van der Waals surface area contributed by atoms with E-state index in [4.69, 9.17) is 5.21 Å². The van der Waals surface area contributed by atoms with Crippen molar-refractivity contribution in [1.82, 2.24) is 15.0 Å². The van der Waals surface area contributed by atoms with Crippen molar-refractivity contribution in [3.8, 4) is 0 Å². The molecule has 118 valence electrons. The van der Waals surface area contributed by atoms with Crippen LogP contribution in [0.2, 0.25) is 0 Å². The Bertz CT molecular complexity index is 709. The van der Waals surface area contributed by atoms with Crippen LogP contribution in [0.4, 0.5) is 0 Å². The van der Waals surface area contributed by atoms with E-state index in [1.54, 1.807) is 16.1 Å². The van der Waals surface area contributed by atoms with Crippen molar-refractivity contribution in [2.24, 2.45) is 0 Å². The minimum atomic E-state index is -0.356. The number of unbranched alkanes of at least 4 members (excludes halogenated alkanes) is 3. The fraction of sp³-hybridized carbons (Fsp3) is 0.438. The topological polar surface area (TPSA) is 84.2 Å². The molecule has 2 aromatic rings. The normalized spacial score (nSPS) is 10.8. The average Bonchev–Trinajstić information content (AvgIpc) is 2.53. The fourth-order valence-corrected chi connectivity index (χ4v) is 2.51. The van der Waals surface area contributed by atoms with E-state index >= 15 is 0 Å². The molecule has 1 heterocycles. The maximum atomic E-state index is 12.4. The summed E-state index contributed by atoms with van der Waals surface area (Å²) in [7, 11) is 0. The smallest absolute Gasteiger partial charge is 0.261 e. The highest BCUT2D eigenvalue weighted by atomic mass is 16.5. The second-order valence-electron chi connectivity index (χ2n) is 5.33. The Morgan fingerprint density at radius 3 is 2.73 bits per heavy atom. The van der Waals surface area contributed by atoms with Crippen LogP contribution in [-0.4, -0.2) is 20.7 Å². The highest BCUT2D eigenvalue weighted by Gasteiger charge is 2.07. The molecule has 1 aromatic carbocycles. The van der Waals surface area contributed by atoms with Crippen LogP contribution >= 0.6 is 0 Å². The number of rotatable bonds is 7. The number of fused-ring (bicyclic) bond motifs is 1. The van der Waals surface area contributed by atoms with Crippen molar-refractivity contribution < 1.29 is 10.0 Å². The van der Waals surface area contributed by atoms with Gasteiger partial charge in [0.15, 0.2) is 0 Å². The number of hydroxylamine groups is 1. The monoisotopic (exact) mass is 303 g/mol. The molecule has 0 saturated heterocycles. The van der Waals surface area contributed by atoms with Gasteiger partial charge in [-0.25, -0.2) is 10.5 Å². The second-order valence-corrected chi connectivity index (χ2v) is 5.33. The zero-order chi connectivity index (χ0) is 15.9. The van der Waals surface area contributed by atoms with E-state index in [1.165, 1.54) is 0 Å². The van der Waals surface area contributed by atoms with Gasteiger partial charge in [0.1, 0.15) is 5.82 Å². The molecule has 1 amide bonds. The summed E-state index contributed by atoms with van der Waals surface area (Å²) in [4.78, 5) is 27.8. The Morgan fingerprint density at radius 1 is 1.23 bits per heavy atom. The minimum Gasteiger partial charge on any atom is -0.296 e. The zero-order valence-corrected chi connectivity index (χ0v) is 12.7. The quantitative estimate of drug-likeness (QED) is 0.466. The maximum absolute atomic E-state index is 12.4. The van der Waals surface area contributed by atoms with Gasteiger partial charge in [-0.15, -0.1) is 0 Å². The van der Waals surface area contributed by atoms with Gasteiger partial charge in [-0.05, 0) is 31.9 Å². The molecule has 0 radical (unpaired) electrons. The number of aromatic nitrogens is 2. The van der Waals surface area contributed by atoms with Crippen LogP contribution < -0.4 is 11.0 Å². The molecule has 0 unspecified atom stereocenters. The molecule has 0 aliphatic heterocycles. The average molecular weight is 303 g/mol. The summed E-state index contributed by atoms with van der Waals surface area (Å²) < 4.78 is 1.71. The summed E-state index contributed by atoms with van der Waals surface area (Å²) in [5.41, 5.74) is 2.36. The summed E-state index contributed by atoms with van der Waals surface area (Å²) in [6.07, 6.45) is 3.74. The molecular formula is C16H21N3O3. The van der Waals surface area contributed by atoms with Crippen molar-refractivity contribution in [2.45, 2.75) is 45.6 Å². The standard InChI is InChI=1S/C16H21N3O3/c1-12-17-14-9-6-5-8-13(14)16(21)19(12)11-7-3-2-4-10-15(20)18-22/h5-6,8-9,22H,2-4,7,10-11H2,1H3,(H,18,20). The van der Waals surface area contributed by atoms with Gasteiger partial charge in [-0.1, -0.05) is 25.0 Å². The van der Waals surface area contributed by atoms with Gasteiger partial charge in [0.25, 0.3) is 5.56 Å². The van der Waals surface area contributed by atoms with Crippen LogP contribution in [0.25, 0.3) is 10.9 Å². The lowest BCUT2D eigenvalue weighted by Gasteiger charge is -2.10. The van der Waals surface area contributed by atoms with Crippen LogP contribution in [0.3, 0.4) is 0 Å². The molecular weight excluding hydrogens is 282 g/mol. The molecule has 0 atom stereocenters. The number of para-hydroxylation sites is 1. The van der Waals surface area contributed by atoms with Gasteiger partial charge in [0, 0.05) is 13.0 Å². The maximum Gasteiger partial charge on any atom is 0.261 e. The van der Waals surface area contributed by atoms with E-state index in [9.17, 15) is 9.59 Å². The summed E-state index contributed by atoms with van der Waals surface area (Å²) in [6, 6.07) is 7.37. The number of hydrogen-bond acceptors (Lipinski definition) is 4. The third kappa shape index (κ3) is 3.92. The molecule has 0 aliphatic carbocycles. The van der Waals surface area contributed by atoms with E-state index in [2.05, 4.69) is 4.98 Å². The van der Waals surface area contributed by atoms with Crippen molar-refractivity contribution in [2.75, 3.05) is 0 Å².